The third-order valence-electron chi connectivity index (χ3n) is 3.04. The summed E-state index contributed by atoms with van der Waals surface area (Å²) in [6.07, 6.45) is 5.89. The predicted molar refractivity (Wildman–Crippen MR) is 65.8 cm³/mol. The lowest BCUT2D eigenvalue weighted by molar-refractivity contribution is 0.257. The summed E-state index contributed by atoms with van der Waals surface area (Å²) < 4.78 is 0. The van der Waals surface area contributed by atoms with Gasteiger partial charge in [0.25, 0.3) is 0 Å². The van der Waals surface area contributed by atoms with Crippen molar-refractivity contribution in [3.05, 3.63) is 17.5 Å². The topological polar surface area (TPSA) is 41.1 Å². The van der Waals surface area contributed by atoms with Gasteiger partial charge in [-0.25, -0.2) is 9.97 Å². The molecule has 0 aromatic carbocycles. The van der Waals surface area contributed by atoms with Crippen LogP contribution >= 0.6 is 11.6 Å². The van der Waals surface area contributed by atoms with E-state index in [2.05, 4.69) is 34.2 Å². The highest BCUT2D eigenvalue weighted by atomic mass is 35.5. The largest absolute Gasteiger partial charge is 0.366 e. The molecule has 0 bridgehead atoms. The van der Waals surface area contributed by atoms with Gasteiger partial charge in [-0.05, 0) is 26.8 Å². The number of nitrogens with zero attached hydrogens (tertiary/aromatic N) is 3. The van der Waals surface area contributed by atoms with E-state index in [0.29, 0.717) is 17.0 Å². The summed E-state index contributed by atoms with van der Waals surface area (Å²) in [6, 6.07) is 1.25. The van der Waals surface area contributed by atoms with Crippen LogP contribution in [0.1, 0.15) is 19.8 Å². The van der Waals surface area contributed by atoms with Crippen molar-refractivity contribution in [2.45, 2.75) is 31.8 Å². The van der Waals surface area contributed by atoms with E-state index in [0.717, 1.165) is 12.6 Å². The van der Waals surface area contributed by atoms with Gasteiger partial charge in [0, 0.05) is 31.0 Å². The minimum atomic E-state index is 0.434. The van der Waals surface area contributed by atoms with Gasteiger partial charge in [0.05, 0.1) is 0 Å². The Balaban J connectivity index is 1.84. The molecular formula is C11H17ClN4. The number of nitrogens with one attached hydrogen (secondary N) is 1. The average molecular weight is 241 g/mol. The SMILES string of the molecule is CC(CNc1nccnc1Cl)N(C)C1CC1. The maximum atomic E-state index is 5.91. The van der Waals surface area contributed by atoms with Crippen LogP contribution in [-0.2, 0) is 0 Å². The molecule has 0 spiro atoms. The fraction of sp³-hybridized carbons (Fsp3) is 0.636. The molecule has 0 aliphatic heterocycles. The molecule has 1 aromatic rings. The second-order valence-electron chi connectivity index (χ2n) is 4.32. The molecule has 0 radical (unpaired) electrons. The molecule has 2 rings (SSSR count). The first kappa shape index (κ1) is 11.6. The van der Waals surface area contributed by atoms with Crippen LogP contribution in [0.15, 0.2) is 12.4 Å². The summed E-state index contributed by atoms with van der Waals surface area (Å²) in [4.78, 5) is 10.5. The third-order valence-corrected chi connectivity index (χ3v) is 3.31. The van der Waals surface area contributed by atoms with Crippen molar-refractivity contribution in [3.63, 3.8) is 0 Å². The molecule has 1 aliphatic rings. The standard InChI is InChI=1S/C11H17ClN4/c1-8(16(2)9-3-4-9)7-15-11-10(12)13-5-6-14-11/h5-6,8-9H,3-4,7H2,1-2H3,(H,14,15). The van der Waals surface area contributed by atoms with E-state index >= 15 is 0 Å². The molecule has 1 aliphatic carbocycles. The number of hydrogen-bond donors (Lipinski definition) is 1. The molecule has 5 heteroatoms. The van der Waals surface area contributed by atoms with Crippen LogP contribution in [0.3, 0.4) is 0 Å². The average Bonchev–Trinajstić information content (AvgIpc) is 3.10. The Morgan fingerprint density at radius 1 is 1.50 bits per heavy atom. The van der Waals surface area contributed by atoms with Crippen LogP contribution in [0.5, 0.6) is 0 Å². The first-order valence-electron chi connectivity index (χ1n) is 5.61. The van der Waals surface area contributed by atoms with Gasteiger partial charge in [0.15, 0.2) is 11.0 Å². The highest BCUT2D eigenvalue weighted by molar-refractivity contribution is 6.31. The molecule has 1 saturated carbocycles. The van der Waals surface area contributed by atoms with Gasteiger partial charge in [0.2, 0.25) is 0 Å². The molecule has 1 atom stereocenters. The molecule has 4 nitrogen and oxygen atoms in total. The van der Waals surface area contributed by atoms with Gasteiger partial charge >= 0.3 is 0 Å². The van der Waals surface area contributed by atoms with Crippen LogP contribution in [0, 0.1) is 0 Å². The Kier molecular flexibility index (Phi) is 3.61. The number of anilines is 1. The van der Waals surface area contributed by atoms with E-state index in [9.17, 15) is 0 Å². The lowest BCUT2D eigenvalue weighted by Gasteiger charge is -2.24. The summed E-state index contributed by atoms with van der Waals surface area (Å²) in [5.41, 5.74) is 0. The van der Waals surface area contributed by atoms with Crippen LogP contribution in [0.25, 0.3) is 0 Å². The normalized spacial score (nSPS) is 17.5. The molecule has 16 heavy (non-hydrogen) atoms. The van der Waals surface area contributed by atoms with Crippen molar-refractivity contribution in [2.75, 3.05) is 18.9 Å². The van der Waals surface area contributed by atoms with Gasteiger partial charge in [-0.2, -0.15) is 0 Å². The number of likely N-dealkylation sites (N-methyl/N-ethyl adjacent to an activating group) is 1. The van der Waals surface area contributed by atoms with Crippen molar-refractivity contribution in [3.8, 4) is 0 Å². The van der Waals surface area contributed by atoms with E-state index in [1.165, 1.54) is 12.8 Å². The fourth-order valence-corrected chi connectivity index (χ4v) is 1.84. The molecule has 88 valence electrons. The van der Waals surface area contributed by atoms with E-state index in [1.54, 1.807) is 12.4 Å². The Bertz CT molecular complexity index is 354. The van der Waals surface area contributed by atoms with Gasteiger partial charge in [-0.1, -0.05) is 11.6 Å². The fourth-order valence-electron chi connectivity index (χ4n) is 1.67. The highest BCUT2D eigenvalue weighted by Gasteiger charge is 2.28. The summed E-state index contributed by atoms with van der Waals surface area (Å²) in [5.74, 6) is 0.667. The quantitative estimate of drug-likeness (QED) is 0.855. The van der Waals surface area contributed by atoms with Crippen LogP contribution < -0.4 is 5.32 Å². The zero-order chi connectivity index (χ0) is 11.5. The van der Waals surface area contributed by atoms with E-state index in [1.807, 2.05) is 0 Å². The summed E-state index contributed by atoms with van der Waals surface area (Å²) in [6.45, 7) is 3.04. The molecular weight excluding hydrogens is 224 g/mol. The lowest BCUT2D eigenvalue weighted by Crippen LogP contribution is -2.36. The third kappa shape index (κ3) is 2.83. The van der Waals surface area contributed by atoms with Crippen molar-refractivity contribution in [2.24, 2.45) is 0 Å². The predicted octanol–water partition coefficient (Wildman–Crippen LogP) is 2.02. The summed E-state index contributed by atoms with van der Waals surface area (Å²) in [7, 11) is 2.17. The monoisotopic (exact) mass is 240 g/mol. The second-order valence-corrected chi connectivity index (χ2v) is 4.68. The zero-order valence-corrected chi connectivity index (χ0v) is 10.4. The number of aromatic nitrogens is 2. The maximum absolute atomic E-state index is 5.91. The maximum Gasteiger partial charge on any atom is 0.171 e. The van der Waals surface area contributed by atoms with Crippen LogP contribution in [0.4, 0.5) is 5.82 Å². The molecule has 1 aromatic heterocycles. The molecule has 1 N–H and O–H groups in total. The van der Waals surface area contributed by atoms with Crippen LogP contribution in [0.2, 0.25) is 5.15 Å². The summed E-state index contributed by atoms with van der Waals surface area (Å²) in [5, 5.41) is 3.66. The Hall–Kier alpha value is -0.870. The number of rotatable bonds is 5. The highest BCUT2D eigenvalue weighted by Crippen LogP contribution is 2.27. The van der Waals surface area contributed by atoms with Crippen molar-refractivity contribution >= 4 is 17.4 Å². The first-order valence-corrected chi connectivity index (χ1v) is 5.98. The minimum absolute atomic E-state index is 0.434. The molecule has 1 fully saturated rings. The Morgan fingerprint density at radius 2 is 2.19 bits per heavy atom. The van der Waals surface area contributed by atoms with Crippen molar-refractivity contribution in [1.82, 2.24) is 14.9 Å². The summed E-state index contributed by atoms with van der Waals surface area (Å²) >= 11 is 5.91. The lowest BCUT2D eigenvalue weighted by atomic mass is 10.3. The zero-order valence-electron chi connectivity index (χ0n) is 9.65. The van der Waals surface area contributed by atoms with Gasteiger partial charge in [-0.3, -0.25) is 4.90 Å². The van der Waals surface area contributed by atoms with Gasteiger partial charge in [0.1, 0.15) is 0 Å². The van der Waals surface area contributed by atoms with E-state index in [-0.39, 0.29) is 0 Å². The Morgan fingerprint density at radius 3 is 2.81 bits per heavy atom. The van der Waals surface area contributed by atoms with Crippen molar-refractivity contribution < 1.29 is 0 Å². The first-order chi connectivity index (χ1) is 7.68. The molecule has 1 unspecified atom stereocenters. The Labute approximate surface area is 101 Å². The van der Waals surface area contributed by atoms with Gasteiger partial charge < -0.3 is 5.32 Å². The smallest absolute Gasteiger partial charge is 0.171 e. The van der Waals surface area contributed by atoms with Gasteiger partial charge in [-0.15, -0.1) is 0 Å². The number of hydrogen-bond acceptors (Lipinski definition) is 4. The molecule has 1 heterocycles. The van der Waals surface area contributed by atoms with Crippen molar-refractivity contribution in [1.29, 1.82) is 0 Å². The van der Waals surface area contributed by atoms with Crippen LogP contribution in [-0.4, -0.2) is 40.5 Å². The molecule has 0 saturated heterocycles. The second kappa shape index (κ2) is 4.97. The number of halogens is 1. The minimum Gasteiger partial charge on any atom is -0.366 e. The van der Waals surface area contributed by atoms with E-state index < -0.39 is 0 Å². The molecule has 0 amide bonds. The van der Waals surface area contributed by atoms with E-state index in [4.69, 9.17) is 11.6 Å².